The van der Waals surface area contributed by atoms with Crippen LogP contribution < -0.4 is 10.2 Å². The first kappa shape index (κ1) is 12.6. The van der Waals surface area contributed by atoms with Gasteiger partial charge >= 0.3 is 0 Å². The molecular weight excluding hydrogens is 236 g/mol. The van der Waals surface area contributed by atoms with E-state index in [1.54, 1.807) is 12.5 Å². The Morgan fingerprint density at radius 2 is 2.41 bits per heavy atom. The van der Waals surface area contributed by atoms with E-state index >= 15 is 0 Å². The number of hydrogen-bond donors (Lipinski definition) is 1. The zero-order valence-electron chi connectivity index (χ0n) is 10.2. The molecule has 0 bridgehead atoms. The minimum absolute atomic E-state index is 0.551. The summed E-state index contributed by atoms with van der Waals surface area (Å²) in [7, 11) is 0. The van der Waals surface area contributed by atoms with E-state index in [1.165, 1.54) is 19.3 Å². The van der Waals surface area contributed by atoms with Crippen LogP contribution in [-0.4, -0.2) is 35.6 Å². The van der Waals surface area contributed by atoms with Crippen molar-refractivity contribution in [2.45, 2.75) is 32.2 Å². The summed E-state index contributed by atoms with van der Waals surface area (Å²) < 4.78 is 0. The molecule has 2 heterocycles. The third-order valence-corrected chi connectivity index (χ3v) is 3.45. The van der Waals surface area contributed by atoms with Crippen molar-refractivity contribution < 1.29 is 0 Å². The molecule has 2 rings (SSSR count). The second-order valence-corrected chi connectivity index (χ2v) is 4.79. The predicted octanol–water partition coefficient (Wildman–Crippen LogP) is 2.10. The number of hydrogen-bond acceptors (Lipinski definition) is 4. The van der Waals surface area contributed by atoms with Crippen molar-refractivity contribution in [1.29, 1.82) is 0 Å². The summed E-state index contributed by atoms with van der Waals surface area (Å²) >= 11 is 6.13. The van der Waals surface area contributed by atoms with Crippen molar-refractivity contribution in [2.75, 3.05) is 24.5 Å². The van der Waals surface area contributed by atoms with Crippen LogP contribution in [0.1, 0.15) is 26.2 Å². The quantitative estimate of drug-likeness (QED) is 0.894. The zero-order chi connectivity index (χ0) is 12.1. The number of rotatable bonds is 4. The van der Waals surface area contributed by atoms with E-state index < -0.39 is 0 Å². The molecule has 1 saturated heterocycles. The Balaban J connectivity index is 2.03. The third-order valence-electron chi connectivity index (χ3n) is 3.18. The second-order valence-electron chi connectivity index (χ2n) is 4.38. The fourth-order valence-electron chi connectivity index (χ4n) is 2.25. The van der Waals surface area contributed by atoms with Crippen molar-refractivity contribution in [1.82, 2.24) is 15.3 Å². The summed E-state index contributed by atoms with van der Waals surface area (Å²) in [5, 5.41) is 4.17. The SMILES string of the molecule is CCN(CC1CCCCN1)c1ncncc1Cl. The maximum Gasteiger partial charge on any atom is 0.150 e. The first-order valence-electron chi connectivity index (χ1n) is 6.25. The standard InChI is InChI=1S/C12H19ClN4/c1-2-17(8-10-5-3-4-6-15-10)12-11(13)7-14-9-16-12/h7,9-10,15H,2-6,8H2,1H3. The number of aromatic nitrogens is 2. The fourth-order valence-corrected chi connectivity index (χ4v) is 2.47. The van der Waals surface area contributed by atoms with Gasteiger partial charge in [0.25, 0.3) is 0 Å². The summed E-state index contributed by atoms with van der Waals surface area (Å²) in [6, 6.07) is 0.551. The van der Waals surface area contributed by atoms with Crippen LogP contribution in [0.2, 0.25) is 5.02 Å². The minimum atomic E-state index is 0.551. The topological polar surface area (TPSA) is 41.0 Å². The molecule has 0 saturated carbocycles. The predicted molar refractivity (Wildman–Crippen MR) is 70.6 cm³/mol. The summed E-state index contributed by atoms with van der Waals surface area (Å²) in [4.78, 5) is 10.4. The lowest BCUT2D eigenvalue weighted by Crippen LogP contribution is -2.44. The first-order chi connectivity index (χ1) is 8.31. The smallest absolute Gasteiger partial charge is 0.150 e. The van der Waals surface area contributed by atoms with Crippen LogP contribution in [0.5, 0.6) is 0 Å². The molecule has 0 radical (unpaired) electrons. The Morgan fingerprint density at radius 3 is 3.06 bits per heavy atom. The van der Waals surface area contributed by atoms with Gasteiger partial charge in [0.1, 0.15) is 11.3 Å². The lowest BCUT2D eigenvalue weighted by molar-refractivity contribution is 0.399. The Bertz CT molecular complexity index is 352. The largest absolute Gasteiger partial charge is 0.354 e. The third kappa shape index (κ3) is 3.30. The molecule has 1 aromatic heterocycles. The number of halogens is 1. The molecule has 1 N–H and O–H groups in total. The van der Waals surface area contributed by atoms with Crippen LogP contribution in [0.3, 0.4) is 0 Å². The van der Waals surface area contributed by atoms with Gasteiger partial charge in [0.05, 0.1) is 6.20 Å². The van der Waals surface area contributed by atoms with E-state index in [0.29, 0.717) is 11.1 Å². The van der Waals surface area contributed by atoms with E-state index in [0.717, 1.165) is 25.5 Å². The number of likely N-dealkylation sites (N-methyl/N-ethyl adjacent to an activating group) is 1. The lowest BCUT2D eigenvalue weighted by Gasteiger charge is -2.30. The highest BCUT2D eigenvalue weighted by Crippen LogP contribution is 2.22. The number of anilines is 1. The van der Waals surface area contributed by atoms with E-state index in [9.17, 15) is 0 Å². The molecule has 1 atom stereocenters. The van der Waals surface area contributed by atoms with Gasteiger partial charge in [-0.25, -0.2) is 9.97 Å². The molecule has 1 unspecified atom stereocenters. The normalized spacial score (nSPS) is 20.2. The Hall–Kier alpha value is -0.870. The molecule has 1 aromatic rings. The average molecular weight is 255 g/mol. The Labute approximate surface area is 107 Å². The summed E-state index contributed by atoms with van der Waals surface area (Å²) in [6.45, 7) is 5.13. The average Bonchev–Trinajstić information content (AvgIpc) is 2.38. The molecule has 1 aliphatic rings. The molecule has 1 fully saturated rings. The summed E-state index contributed by atoms with van der Waals surface area (Å²) in [6.07, 6.45) is 7.04. The van der Waals surface area contributed by atoms with Crippen molar-refractivity contribution in [3.05, 3.63) is 17.5 Å². The molecule has 1 aliphatic heterocycles. The van der Waals surface area contributed by atoms with Gasteiger partial charge in [-0.3, -0.25) is 0 Å². The van der Waals surface area contributed by atoms with Crippen molar-refractivity contribution >= 4 is 17.4 Å². The number of piperidine rings is 1. The molecule has 0 aromatic carbocycles. The molecule has 0 aliphatic carbocycles. The molecule has 17 heavy (non-hydrogen) atoms. The number of nitrogens with zero attached hydrogens (tertiary/aromatic N) is 3. The highest BCUT2D eigenvalue weighted by molar-refractivity contribution is 6.32. The number of nitrogens with one attached hydrogen (secondary N) is 1. The van der Waals surface area contributed by atoms with E-state index in [1.807, 2.05) is 0 Å². The van der Waals surface area contributed by atoms with Gasteiger partial charge in [-0.15, -0.1) is 0 Å². The van der Waals surface area contributed by atoms with Gasteiger partial charge in [0.2, 0.25) is 0 Å². The maximum atomic E-state index is 6.13. The van der Waals surface area contributed by atoms with Gasteiger partial charge in [-0.05, 0) is 26.3 Å². The van der Waals surface area contributed by atoms with Crippen LogP contribution in [0, 0.1) is 0 Å². The minimum Gasteiger partial charge on any atom is -0.354 e. The van der Waals surface area contributed by atoms with Gasteiger partial charge < -0.3 is 10.2 Å². The van der Waals surface area contributed by atoms with Gasteiger partial charge in [0, 0.05) is 19.1 Å². The summed E-state index contributed by atoms with van der Waals surface area (Å²) in [5.74, 6) is 0.844. The monoisotopic (exact) mass is 254 g/mol. The van der Waals surface area contributed by atoms with E-state index in [2.05, 4.69) is 27.1 Å². The molecule has 94 valence electrons. The van der Waals surface area contributed by atoms with Gasteiger partial charge in [0.15, 0.2) is 5.82 Å². The zero-order valence-corrected chi connectivity index (χ0v) is 11.0. The maximum absolute atomic E-state index is 6.13. The van der Waals surface area contributed by atoms with Crippen LogP contribution in [0.25, 0.3) is 0 Å². The van der Waals surface area contributed by atoms with Crippen LogP contribution in [0.15, 0.2) is 12.5 Å². The van der Waals surface area contributed by atoms with E-state index in [4.69, 9.17) is 11.6 Å². The lowest BCUT2D eigenvalue weighted by atomic mass is 10.0. The van der Waals surface area contributed by atoms with Crippen molar-refractivity contribution in [3.8, 4) is 0 Å². The van der Waals surface area contributed by atoms with Crippen LogP contribution >= 0.6 is 11.6 Å². The molecule has 0 amide bonds. The molecule has 5 heteroatoms. The van der Waals surface area contributed by atoms with Gasteiger partial charge in [-0.1, -0.05) is 18.0 Å². The molecule has 4 nitrogen and oxygen atoms in total. The van der Waals surface area contributed by atoms with Crippen LogP contribution in [-0.2, 0) is 0 Å². The van der Waals surface area contributed by atoms with Crippen LogP contribution in [0.4, 0.5) is 5.82 Å². The molecular formula is C12H19ClN4. The highest BCUT2D eigenvalue weighted by atomic mass is 35.5. The Morgan fingerprint density at radius 1 is 1.53 bits per heavy atom. The van der Waals surface area contributed by atoms with E-state index in [-0.39, 0.29) is 0 Å². The Kier molecular flexibility index (Phi) is 4.57. The first-order valence-corrected chi connectivity index (χ1v) is 6.63. The second kappa shape index (κ2) is 6.17. The highest BCUT2D eigenvalue weighted by Gasteiger charge is 2.18. The summed E-state index contributed by atoms with van der Waals surface area (Å²) in [5.41, 5.74) is 0. The van der Waals surface area contributed by atoms with Gasteiger partial charge in [-0.2, -0.15) is 0 Å². The molecule has 0 spiro atoms. The fraction of sp³-hybridized carbons (Fsp3) is 0.667. The van der Waals surface area contributed by atoms with Crippen molar-refractivity contribution in [2.24, 2.45) is 0 Å². The van der Waals surface area contributed by atoms with Crippen molar-refractivity contribution in [3.63, 3.8) is 0 Å².